The highest BCUT2D eigenvalue weighted by Crippen LogP contribution is 2.32. The first-order chi connectivity index (χ1) is 16.1. The molecule has 0 radical (unpaired) electrons. The van der Waals surface area contributed by atoms with Gasteiger partial charge in [0.15, 0.2) is 11.6 Å². The number of rotatable bonds is 8. The first-order valence-electron chi connectivity index (χ1n) is 11.3. The Labute approximate surface area is 193 Å². The van der Waals surface area contributed by atoms with Crippen LogP contribution in [0.25, 0.3) is 22.3 Å². The van der Waals surface area contributed by atoms with Crippen molar-refractivity contribution in [3.8, 4) is 33.8 Å². The monoisotopic (exact) mass is 450 g/mol. The molecule has 33 heavy (non-hydrogen) atoms. The molecule has 3 nitrogen and oxygen atoms in total. The molecule has 1 saturated heterocycles. The third-order valence-electron chi connectivity index (χ3n) is 5.90. The Morgan fingerprint density at radius 1 is 0.879 bits per heavy atom. The van der Waals surface area contributed by atoms with Crippen molar-refractivity contribution in [2.24, 2.45) is 5.92 Å². The number of ether oxygens (including phenoxy) is 3. The topological polar surface area (TPSA) is 27.7 Å². The minimum atomic E-state index is -0.965. The SMILES string of the molecule is C=CC1CCC(COc2ccc(-c3ccc(-c4ccc(OCC)c(F)c4F)cc3)cc2)OC1. The van der Waals surface area contributed by atoms with E-state index in [9.17, 15) is 8.78 Å². The fourth-order valence-corrected chi connectivity index (χ4v) is 3.94. The van der Waals surface area contributed by atoms with Crippen molar-refractivity contribution in [1.29, 1.82) is 0 Å². The average Bonchev–Trinajstić information content (AvgIpc) is 2.87. The third-order valence-corrected chi connectivity index (χ3v) is 5.90. The van der Waals surface area contributed by atoms with Crippen LogP contribution in [0.4, 0.5) is 8.78 Å². The van der Waals surface area contributed by atoms with Gasteiger partial charge >= 0.3 is 0 Å². The van der Waals surface area contributed by atoms with Crippen LogP contribution in [0.5, 0.6) is 11.5 Å². The molecule has 1 aliphatic rings. The second-order valence-electron chi connectivity index (χ2n) is 8.11. The summed E-state index contributed by atoms with van der Waals surface area (Å²) < 4.78 is 45.5. The standard InChI is InChI=1S/C28H28F2O3/c1-3-19-5-12-24(32-17-19)18-33-23-13-10-21(11-14-23)20-6-8-22(9-7-20)25-15-16-26(31-4-2)28(30)27(25)29/h3,6-11,13-16,19,24H,1,4-5,12,17-18H2,2H3. The van der Waals surface area contributed by atoms with E-state index in [0.29, 0.717) is 24.7 Å². The maximum atomic E-state index is 14.5. The number of hydrogen-bond donors (Lipinski definition) is 0. The number of hydrogen-bond acceptors (Lipinski definition) is 3. The molecule has 0 spiro atoms. The molecule has 3 aromatic carbocycles. The summed E-state index contributed by atoms with van der Waals surface area (Å²) in [5.41, 5.74) is 2.79. The summed E-state index contributed by atoms with van der Waals surface area (Å²) in [5.74, 6) is -0.715. The second-order valence-corrected chi connectivity index (χ2v) is 8.11. The first-order valence-corrected chi connectivity index (χ1v) is 11.3. The van der Waals surface area contributed by atoms with E-state index in [4.69, 9.17) is 14.2 Å². The normalized spacial score (nSPS) is 18.0. The summed E-state index contributed by atoms with van der Waals surface area (Å²) in [6.07, 6.45) is 4.12. The fraction of sp³-hybridized carbons (Fsp3) is 0.286. The maximum absolute atomic E-state index is 14.5. The van der Waals surface area contributed by atoms with Gasteiger partial charge in [-0.15, -0.1) is 6.58 Å². The number of halogens is 2. The molecule has 0 amide bonds. The summed E-state index contributed by atoms with van der Waals surface area (Å²) in [4.78, 5) is 0. The Bertz CT molecular complexity index is 1070. The van der Waals surface area contributed by atoms with Crippen molar-refractivity contribution >= 4 is 0 Å². The largest absolute Gasteiger partial charge is 0.491 e. The zero-order valence-corrected chi connectivity index (χ0v) is 18.7. The third kappa shape index (κ3) is 5.42. The minimum absolute atomic E-state index is 0.0753. The van der Waals surface area contributed by atoms with Crippen LogP contribution in [-0.2, 0) is 4.74 Å². The molecule has 1 fully saturated rings. The molecule has 0 aromatic heterocycles. The van der Waals surface area contributed by atoms with Crippen molar-refractivity contribution in [1.82, 2.24) is 0 Å². The van der Waals surface area contributed by atoms with Crippen LogP contribution in [0.2, 0.25) is 0 Å². The van der Waals surface area contributed by atoms with Gasteiger partial charge in [-0.25, -0.2) is 4.39 Å². The van der Waals surface area contributed by atoms with Gasteiger partial charge in [0.1, 0.15) is 12.4 Å². The molecule has 1 aliphatic heterocycles. The van der Waals surface area contributed by atoms with Gasteiger partial charge in [0.25, 0.3) is 0 Å². The summed E-state index contributed by atoms with van der Waals surface area (Å²) in [6.45, 7) is 7.07. The van der Waals surface area contributed by atoms with Gasteiger partial charge in [-0.1, -0.05) is 42.5 Å². The van der Waals surface area contributed by atoms with Crippen LogP contribution >= 0.6 is 0 Å². The second kappa shape index (κ2) is 10.6. The quantitative estimate of drug-likeness (QED) is 0.344. The van der Waals surface area contributed by atoms with Gasteiger partial charge in [0, 0.05) is 11.5 Å². The van der Waals surface area contributed by atoms with E-state index in [1.165, 1.54) is 12.1 Å². The Kier molecular flexibility index (Phi) is 7.40. The molecular weight excluding hydrogens is 422 g/mol. The summed E-state index contributed by atoms with van der Waals surface area (Å²) >= 11 is 0. The van der Waals surface area contributed by atoms with Gasteiger partial charge in [-0.3, -0.25) is 0 Å². The Hall–Kier alpha value is -3.18. The minimum Gasteiger partial charge on any atom is -0.491 e. The van der Waals surface area contributed by atoms with Crippen LogP contribution < -0.4 is 9.47 Å². The molecule has 3 aromatic rings. The van der Waals surface area contributed by atoms with Crippen LogP contribution in [-0.4, -0.2) is 25.9 Å². The van der Waals surface area contributed by atoms with Crippen LogP contribution in [0.15, 0.2) is 73.3 Å². The molecule has 0 aliphatic carbocycles. The molecular formula is C28H28F2O3. The molecule has 2 atom stereocenters. The molecule has 2 unspecified atom stereocenters. The van der Waals surface area contributed by atoms with E-state index in [2.05, 4.69) is 6.58 Å². The van der Waals surface area contributed by atoms with E-state index in [0.717, 1.165) is 29.7 Å². The van der Waals surface area contributed by atoms with Crippen molar-refractivity contribution < 1.29 is 23.0 Å². The van der Waals surface area contributed by atoms with Gasteiger partial charge in [0.2, 0.25) is 5.82 Å². The Morgan fingerprint density at radius 3 is 2.15 bits per heavy atom. The predicted molar refractivity (Wildman–Crippen MR) is 127 cm³/mol. The van der Waals surface area contributed by atoms with E-state index in [1.54, 1.807) is 19.1 Å². The molecule has 4 rings (SSSR count). The van der Waals surface area contributed by atoms with Crippen molar-refractivity contribution in [3.05, 3.63) is 85.0 Å². The van der Waals surface area contributed by atoms with Crippen LogP contribution in [0.3, 0.4) is 0 Å². The first kappa shape index (κ1) is 23.0. The average molecular weight is 451 g/mol. The van der Waals surface area contributed by atoms with Crippen molar-refractivity contribution in [2.75, 3.05) is 19.8 Å². The Balaban J connectivity index is 1.39. The Morgan fingerprint density at radius 2 is 1.55 bits per heavy atom. The molecule has 0 bridgehead atoms. The molecule has 172 valence electrons. The maximum Gasteiger partial charge on any atom is 0.201 e. The smallest absolute Gasteiger partial charge is 0.201 e. The van der Waals surface area contributed by atoms with E-state index < -0.39 is 11.6 Å². The molecule has 1 heterocycles. The lowest BCUT2D eigenvalue weighted by atomic mass is 9.99. The van der Waals surface area contributed by atoms with Gasteiger partial charge in [-0.05, 0) is 60.7 Å². The fourth-order valence-electron chi connectivity index (χ4n) is 3.94. The van der Waals surface area contributed by atoms with E-state index in [-0.39, 0.29) is 24.0 Å². The lowest BCUT2D eigenvalue weighted by Gasteiger charge is -2.27. The van der Waals surface area contributed by atoms with E-state index >= 15 is 0 Å². The molecule has 0 saturated carbocycles. The van der Waals surface area contributed by atoms with Crippen molar-refractivity contribution in [3.63, 3.8) is 0 Å². The van der Waals surface area contributed by atoms with Crippen LogP contribution in [0.1, 0.15) is 19.8 Å². The van der Waals surface area contributed by atoms with E-state index in [1.807, 2.05) is 42.5 Å². The predicted octanol–water partition coefficient (Wildman–Crippen LogP) is 7.06. The highest BCUT2D eigenvalue weighted by atomic mass is 19.2. The highest BCUT2D eigenvalue weighted by molar-refractivity contribution is 5.71. The number of benzene rings is 3. The van der Waals surface area contributed by atoms with Gasteiger partial charge < -0.3 is 14.2 Å². The lowest BCUT2D eigenvalue weighted by Crippen LogP contribution is -2.29. The lowest BCUT2D eigenvalue weighted by molar-refractivity contribution is -0.0274. The zero-order chi connectivity index (χ0) is 23.2. The zero-order valence-electron chi connectivity index (χ0n) is 18.7. The summed E-state index contributed by atoms with van der Waals surface area (Å²) in [7, 11) is 0. The van der Waals surface area contributed by atoms with Crippen LogP contribution in [0, 0.1) is 17.6 Å². The molecule has 0 N–H and O–H groups in total. The summed E-state index contributed by atoms with van der Waals surface area (Å²) in [6, 6.07) is 18.2. The molecule has 5 heteroatoms. The highest BCUT2D eigenvalue weighted by Gasteiger charge is 2.20. The van der Waals surface area contributed by atoms with Crippen molar-refractivity contribution in [2.45, 2.75) is 25.9 Å². The van der Waals surface area contributed by atoms with Gasteiger partial charge in [0.05, 0.1) is 19.3 Å². The summed E-state index contributed by atoms with van der Waals surface area (Å²) in [5, 5.41) is 0. The van der Waals surface area contributed by atoms with Gasteiger partial charge in [-0.2, -0.15) is 4.39 Å².